The molecule has 0 unspecified atom stereocenters. The first kappa shape index (κ1) is 13.9. The highest BCUT2D eigenvalue weighted by Crippen LogP contribution is 2.23. The Kier molecular flexibility index (Phi) is 4.46. The molecule has 3 heteroatoms. The molecule has 0 atom stereocenters. The summed E-state index contributed by atoms with van der Waals surface area (Å²) in [4.78, 5) is 2.18. The van der Waals surface area contributed by atoms with Crippen LogP contribution in [0.25, 0.3) is 0 Å². The molecule has 19 heavy (non-hydrogen) atoms. The minimum atomic E-state index is 0.473. The minimum Gasteiger partial charge on any atom is -0.370 e. The second kappa shape index (κ2) is 6.09. The number of aryl methyl sites for hydroxylation is 1. The highest BCUT2D eigenvalue weighted by Gasteiger charge is 2.05. The third kappa shape index (κ3) is 3.49. The molecule has 2 nitrogen and oxygen atoms in total. The third-order valence-corrected chi connectivity index (χ3v) is 3.59. The van der Waals surface area contributed by atoms with Crippen molar-refractivity contribution in [1.82, 2.24) is 0 Å². The van der Waals surface area contributed by atoms with Crippen LogP contribution < -0.4 is 10.6 Å². The van der Waals surface area contributed by atoms with Crippen LogP contribution in [0, 0.1) is 6.92 Å². The zero-order chi connectivity index (χ0) is 13.8. The maximum absolute atomic E-state index is 6.19. The quantitative estimate of drug-likeness (QED) is 0.920. The summed E-state index contributed by atoms with van der Waals surface area (Å²) in [5.41, 5.74) is 10.3. The zero-order valence-corrected chi connectivity index (χ0v) is 12.1. The van der Waals surface area contributed by atoms with E-state index in [0.717, 1.165) is 22.8 Å². The maximum Gasteiger partial charge on any atom is 0.0471 e. The molecule has 0 spiro atoms. The van der Waals surface area contributed by atoms with Gasteiger partial charge in [-0.05, 0) is 30.2 Å². The van der Waals surface area contributed by atoms with Crippen molar-refractivity contribution in [3.05, 3.63) is 64.2 Å². The van der Waals surface area contributed by atoms with Crippen LogP contribution in [0.3, 0.4) is 0 Å². The standard InChI is InChI=1S/C16H19ClN2/c1-12-3-5-13(6-4-12)11-19(2)15-8-7-14(10-18)16(17)9-15/h3-9H,10-11,18H2,1-2H3. The van der Waals surface area contributed by atoms with Gasteiger partial charge in [0.2, 0.25) is 0 Å². The van der Waals surface area contributed by atoms with Gasteiger partial charge in [-0.3, -0.25) is 0 Å². The molecule has 0 saturated heterocycles. The van der Waals surface area contributed by atoms with Gasteiger partial charge in [-0.25, -0.2) is 0 Å². The number of halogens is 1. The van der Waals surface area contributed by atoms with Crippen LogP contribution in [0.4, 0.5) is 5.69 Å². The van der Waals surface area contributed by atoms with Crippen LogP contribution >= 0.6 is 11.6 Å². The molecule has 0 aromatic heterocycles. The lowest BCUT2D eigenvalue weighted by Gasteiger charge is -2.20. The molecular formula is C16H19ClN2. The van der Waals surface area contributed by atoms with E-state index in [4.69, 9.17) is 17.3 Å². The van der Waals surface area contributed by atoms with Gasteiger partial charge >= 0.3 is 0 Å². The summed E-state index contributed by atoms with van der Waals surface area (Å²) in [7, 11) is 2.06. The van der Waals surface area contributed by atoms with E-state index in [0.29, 0.717) is 6.54 Å². The van der Waals surface area contributed by atoms with E-state index in [1.165, 1.54) is 11.1 Å². The normalized spacial score (nSPS) is 10.5. The lowest BCUT2D eigenvalue weighted by Crippen LogP contribution is -2.16. The van der Waals surface area contributed by atoms with E-state index < -0.39 is 0 Å². The zero-order valence-electron chi connectivity index (χ0n) is 11.4. The molecule has 0 heterocycles. The first-order valence-corrected chi connectivity index (χ1v) is 6.73. The van der Waals surface area contributed by atoms with Crippen LogP contribution in [0.2, 0.25) is 5.02 Å². The second-order valence-electron chi connectivity index (χ2n) is 4.82. The Balaban J connectivity index is 2.13. The Hall–Kier alpha value is -1.51. The summed E-state index contributed by atoms with van der Waals surface area (Å²) in [6.45, 7) is 3.43. The lowest BCUT2D eigenvalue weighted by atomic mass is 10.1. The second-order valence-corrected chi connectivity index (χ2v) is 5.23. The molecule has 0 bridgehead atoms. The molecule has 2 aromatic rings. The molecule has 100 valence electrons. The molecule has 0 saturated carbocycles. The van der Waals surface area contributed by atoms with E-state index in [9.17, 15) is 0 Å². The SMILES string of the molecule is Cc1ccc(CN(C)c2ccc(CN)c(Cl)c2)cc1. The van der Waals surface area contributed by atoms with Crippen LogP contribution in [0.1, 0.15) is 16.7 Å². The Bertz CT molecular complexity index is 549. The van der Waals surface area contributed by atoms with Gasteiger partial charge < -0.3 is 10.6 Å². The average Bonchev–Trinajstić information content (AvgIpc) is 2.41. The Morgan fingerprint density at radius 1 is 1.11 bits per heavy atom. The fraction of sp³-hybridized carbons (Fsp3) is 0.250. The molecule has 2 N–H and O–H groups in total. The molecule has 0 aliphatic carbocycles. The molecule has 0 amide bonds. The molecule has 2 aromatic carbocycles. The number of nitrogens with two attached hydrogens (primary N) is 1. The number of rotatable bonds is 4. The van der Waals surface area contributed by atoms with Gasteiger partial charge in [0.15, 0.2) is 0 Å². The topological polar surface area (TPSA) is 29.3 Å². The van der Waals surface area contributed by atoms with Gasteiger partial charge in [0.25, 0.3) is 0 Å². The summed E-state index contributed by atoms with van der Waals surface area (Å²) < 4.78 is 0. The average molecular weight is 275 g/mol. The van der Waals surface area contributed by atoms with Crippen molar-refractivity contribution in [2.45, 2.75) is 20.0 Å². The Morgan fingerprint density at radius 2 is 1.79 bits per heavy atom. The summed E-state index contributed by atoms with van der Waals surface area (Å²) in [6.07, 6.45) is 0. The van der Waals surface area contributed by atoms with Crippen molar-refractivity contribution in [3.63, 3.8) is 0 Å². The number of anilines is 1. The number of hydrogen-bond acceptors (Lipinski definition) is 2. The molecule has 0 fully saturated rings. The monoisotopic (exact) mass is 274 g/mol. The van der Waals surface area contributed by atoms with Crippen molar-refractivity contribution in [2.24, 2.45) is 5.73 Å². The molecule has 0 aliphatic rings. The molecule has 0 aliphatic heterocycles. The van der Waals surface area contributed by atoms with E-state index in [1.807, 2.05) is 12.1 Å². The van der Waals surface area contributed by atoms with Crippen LogP contribution in [0.15, 0.2) is 42.5 Å². The molecule has 0 radical (unpaired) electrons. The first-order chi connectivity index (χ1) is 9.10. The fourth-order valence-corrected chi connectivity index (χ4v) is 2.25. The van der Waals surface area contributed by atoms with Gasteiger partial charge in [0.1, 0.15) is 0 Å². The predicted molar refractivity (Wildman–Crippen MR) is 82.6 cm³/mol. The molecular weight excluding hydrogens is 256 g/mol. The number of nitrogens with zero attached hydrogens (tertiary/aromatic N) is 1. The Labute approximate surface area is 119 Å². The van der Waals surface area contributed by atoms with E-state index in [-0.39, 0.29) is 0 Å². The van der Waals surface area contributed by atoms with Crippen molar-refractivity contribution < 1.29 is 0 Å². The smallest absolute Gasteiger partial charge is 0.0471 e. The van der Waals surface area contributed by atoms with Gasteiger partial charge in [-0.15, -0.1) is 0 Å². The van der Waals surface area contributed by atoms with Gasteiger partial charge in [-0.1, -0.05) is 47.5 Å². The lowest BCUT2D eigenvalue weighted by molar-refractivity contribution is 0.920. The van der Waals surface area contributed by atoms with E-state index >= 15 is 0 Å². The van der Waals surface area contributed by atoms with Gasteiger partial charge in [-0.2, -0.15) is 0 Å². The maximum atomic E-state index is 6.19. The summed E-state index contributed by atoms with van der Waals surface area (Å²) in [5.74, 6) is 0. The van der Waals surface area contributed by atoms with Crippen molar-refractivity contribution in [3.8, 4) is 0 Å². The minimum absolute atomic E-state index is 0.473. The number of hydrogen-bond donors (Lipinski definition) is 1. The van der Waals surface area contributed by atoms with Crippen LogP contribution in [-0.4, -0.2) is 7.05 Å². The highest BCUT2D eigenvalue weighted by atomic mass is 35.5. The van der Waals surface area contributed by atoms with E-state index in [1.54, 1.807) is 0 Å². The summed E-state index contributed by atoms with van der Waals surface area (Å²) in [5, 5.41) is 0.732. The number of benzene rings is 2. The van der Waals surface area contributed by atoms with Crippen LogP contribution in [0.5, 0.6) is 0 Å². The van der Waals surface area contributed by atoms with Crippen molar-refractivity contribution in [2.75, 3.05) is 11.9 Å². The summed E-state index contributed by atoms with van der Waals surface area (Å²) >= 11 is 6.19. The third-order valence-electron chi connectivity index (χ3n) is 3.24. The van der Waals surface area contributed by atoms with Gasteiger partial charge in [0, 0.05) is 30.8 Å². The summed E-state index contributed by atoms with van der Waals surface area (Å²) in [6, 6.07) is 14.6. The first-order valence-electron chi connectivity index (χ1n) is 6.35. The van der Waals surface area contributed by atoms with E-state index in [2.05, 4.69) is 49.2 Å². The predicted octanol–water partition coefficient (Wildman–Crippen LogP) is 3.74. The largest absolute Gasteiger partial charge is 0.370 e. The Morgan fingerprint density at radius 3 is 2.37 bits per heavy atom. The van der Waals surface area contributed by atoms with Crippen molar-refractivity contribution >= 4 is 17.3 Å². The van der Waals surface area contributed by atoms with Gasteiger partial charge in [0.05, 0.1) is 0 Å². The van der Waals surface area contributed by atoms with Crippen LogP contribution in [-0.2, 0) is 13.1 Å². The molecule has 2 rings (SSSR count). The highest BCUT2D eigenvalue weighted by molar-refractivity contribution is 6.31. The van der Waals surface area contributed by atoms with Crippen molar-refractivity contribution in [1.29, 1.82) is 0 Å². The fourth-order valence-electron chi connectivity index (χ4n) is 2.00.